The molecule has 2 amide bonds. The number of pyridine rings is 1. The molecule has 0 saturated carbocycles. The lowest BCUT2D eigenvalue weighted by molar-refractivity contribution is -0.385. The molecule has 0 fully saturated rings. The van der Waals surface area contributed by atoms with E-state index < -0.39 is 28.0 Å². The van der Waals surface area contributed by atoms with E-state index in [-0.39, 0.29) is 22.0 Å². The average Bonchev–Trinajstić information content (AvgIpc) is 2.77. The summed E-state index contributed by atoms with van der Waals surface area (Å²) in [5, 5.41) is 12.6. The third kappa shape index (κ3) is 5.68. The number of nitrogens with zero attached hydrogens (tertiary/aromatic N) is 3. The Kier molecular flexibility index (Phi) is 7.17. The topological polar surface area (TPSA) is 115 Å². The van der Waals surface area contributed by atoms with Crippen LogP contribution in [0.5, 0.6) is 11.6 Å². The molecule has 0 aliphatic carbocycles. The van der Waals surface area contributed by atoms with Crippen LogP contribution >= 0.6 is 11.6 Å². The Labute approximate surface area is 201 Å². The lowest BCUT2D eigenvalue weighted by Crippen LogP contribution is -2.56. The van der Waals surface area contributed by atoms with Crippen molar-refractivity contribution in [3.8, 4) is 11.6 Å². The summed E-state index contributed by atoms with van der Waals surface area (Å²) in [5.41, 5.74) is 2.01. The molecule has 3 aromatic rings. The first-order valence-electron chi connectivity index (χ1n) is 10.3. The molecule has 2 aromatic carbocycles. The predicted octanol–water partition coefficient (Wildman–Crippen LogP) is 5.33. The number of ether oxygens (including phenoxy) is 1. The number of rotatable bonds is 5. The highest BCUT2D eigenvalue weighted by atomic mass is 35.5. The van der Waals surface area contributed by atoms with Crippen molar-refractivity contribution in [3.05, 3.63) is 92.6 Å². The number of hydrogen-bond donors (Lipinski definition) is 1. The van der Waals surface area contributed by atoms with Gasteiger partial charge < -0.3 is 4.74 Å². The smallest absolute Gasteiger partial charge is 0.282 e. The van der Waals surface area contributed by atoms with Crippen molar-refractivity contribution in [3.63, 3.8) is 0 Å². The van der Waals surface area contributed by atoms with Gasteiger partial charge in [-0.3, -0.25) is 25.1 Å². The van der Waals surface area contributed by atoms with Crippen LogP contribution in [-0.4, -0.2) is 32.3 Å². The molecule has 1 N–H and O–H groups in total. The first-order chi connectivity index (χ1) is 16.0. The Balaban J connectivity index is 1.95. The average molecular weight is 483 g/mol. The fraction of sp³-hybridized carbons (Fsp3) is 0.208. The van der Waals surface area contributed by atoms with Crippen LogP contribution in [0, 0.1) is 17.0 Å². The van der Waals surface area contributed by atoms with Crippen molar-refractivity contribution in [2.24, 2.45) is 0 Å². The second-order valence-corrected chi connectivity index (χ2v) is 8.88. The Morgan fingerprint density at radius 2 is 1.76 bits per heavy atom. The molecule has 10 heteroatoms. The summed E-state index contributed by atoms with van der Waals surface area (Å²) in [4.78, 5) is 41.4. The standard InChI is InChI=1S/C24H23ClN4O5/c1-15-7-10-17(11-8-15)34-22-18(6-5-13-26-22)23(31)28(24(2,3)4)27-21(30)19-14-16(25)9-12-20(19)29(32)33/h5-14H,1-4H3,(H,27,30). The van der Waals surface area contributed by atoms with Crippen molar-refractivity contribution in [1.82, 2.24) is 15.4 Å². The Morgan fingerprint density at radius 3 is 2.38 bits per heavy atom. The van der Waals surface area contributed by atoms with Gasteiger partial charge in [0.1, 0.15) is 16.9 Å². The van der Waals surface area contributed by atoms with Crippen molar-refractivity contribution < 1.29 is 19.2 Å². The molecule has 34 heavy (non-hydrogen) atoms. The molecule has 176 valence electrons. The van der Waals surface area contributed by atoms with Crippen LogP contribution in [0.1, 0.15) is 47.1 Å². The van der Waals surface area contributed by atoms with Gasteiger partial charge in [-0.25, -0.2) is 9.99 Å². The summed E-state index contributed by atoms with van der Waals surface area (Å²) in [6.45, 7) is 7.05. The molecule has 0 saturated heterocycles. The highest BCUT2D eigenvalue weighted by Gasteiger charge is 2.33. The van der Waals surface area contributed by atoms with Crippen molar-refractivity contribution in [2.75, 3.05) is 0 Å². The fourth-order valence-corrected chi connectivity index (χ4v) is 3.18. The van der Waals surface area contributed by atoms with Gasteiger partial charge in [0.05, 0.1) is 10.5 Å². The molecule has 0 atom stereocenters. The number of nitro groups is 1. The number of benzene rings is 2. The summed E-state index contributed by atoms with van der Waals surface area (Å²) >= 11 is 5.95. The maximum absolute atomic E-state index is 13.5. The van der Waals surface area contributed by atoms with Crippen LogP contribution < -0.4 is 10.2 Å². The quantitative estimate of drug-likeness (QED) is 0.388. The normalized spacial score (nSPS) is 11.0. The van der Waals surface area contributed by atoms with Crippen molar-refractivity contribution in [2.45, 2.75) is 33.2 Å². The van der Waals surface area contributed by atoms with Gasteiger partial charge in [0, 0.05) is 17.3 Å². The number of carbonyl (C=O) groups excluding carboxylic acids is 2. The Hall–Kier alpha value is -3.98. The van der Waals surface area contributed by atoms with Gasteiger partial charge in [0.15, 0.2) is 0 Å². The highest BCUT2D eigenvalue weighted by Crippen LogP contribution is 2.27. The minimum Gasteiger partial charge on any atom is -0.438 e. The summed E-state index contributed by atoms with van der Waals surface area (Å²) in [7, 11) is 0. The summed E-state index contributed by atoms with van der Waals surface area (Å²) < 4.78 is 5.83. The third-order valence-electron chi connectivity index (χ3n) is 4.72. The van der Waals surface area contributed by atoms with Crippen LogP contribution in [0.3, 0.4) is 0 Å². The summed E-state index contributed by atoms with van der Waals surface area (Å²) in [6, 6.07) is 13.9. The number of aryl methyl sites for hydroxylation is 1. The molecule has 9 nitrogen and oxygen atoms in total. The van der Waals surface area contributed by atoms with E-state index in [2.05, 4.69) is 10.4 Å². The zero-order valence-corrected chi connectivity index (χ0v) is 19.8. The van der Waals surface area contributed by atoms with E-state index in [1.807, 2.05) is 19.1 Å². The van der Waals surface area contributed by atoms with Crippen LogP contribution in [0.25, 0.3) is 0 Å². The zero-order chi connectivity index (χ0) is 25.0. The Bertz CT molecular complexity index is 1240. The monoisotopic (exact) mass is 482 g/mol. The lowest BCUT2D eigenvalue weighted by atomic mass is 10.1. The molecule has 0 aliphatic rings. The lowest BCUT2D eigenvalue weighted by Gasteiger charge is -2.35. The molecule has 0 unspecified atom stereocenters. The second kappa shape index (κ2) is 9.88. The molecular weight excluding hydrogens is 460 g/mol. The third-order valence-corrected chi connectivity index (χ3v) is 4.96. The fourth-order valence-electron chi connectivity index (χ4n) is 3.01. The van der Waals surface area contributed by atoms with E-state index in [0.29, 0.717) is 5.75 Å². The minimum absolute atomic E-state index is 0.0496. The second-order valence-electron chi connectivity index (χ2n) is 8.44. The van der Waals surface area contributed by atoms with Crippen LogP contribution in [0.4, 0.5) is 5.69 Å². The van der Waals surface area contributed by atoms with Gasteiger partial charge >= 0.3 is 0 Å². The number of carbonyl (C=O) groups is 2. The van der Waals surface area contributed by atoms with Gasteiger partial charge in [0.25, 0.3) is 17.5 Å². The molecule has 0 radical (unpaired) electrons. The molecule has 0 spiro atoms. The minimum atomic E-state index is -0.906. The van der Waals surface area contributed by atoms with Crippen LogP contribution in [0.15, 0.2) is 60.8 Å². The highest BCUT2D eigenvalue weighted by molar-refractivity contribution is 6.31. The predicted molar refractivity (Wildman–Crippen MR) is 127 cm³/mol. The molecule has 3 rings (SSSR count). The Morgan fingerprint density at radius 1 is 1.09 bits per heavy atom. The summed E-state index contributed by atoms with van der Waals surface area (Å²) in [5.74, 6) is -0.934. The van der Waals surface area contributed by atoms with Gasteiger partial charge in [-0.1, -0.05) is 29.3 Å². The maximum Gasteiger partial charge on any atom is 0.282 e. The molecule has 1 heterocycles. The van der Waals surface area contributed by atoms with Gasteiger partial charge in [-0.2, -0.15) is 0 Å². The largest absolute Gasteiger partial charge is 0.438 e. The number of hydrogen-bond acceptors (Lipinski definition) is 6. The number of nitrogens with one attached hydrogen (secondary N) is 1. The number of halogens is 1. The van der Waals surface area contributed by atoms with Crippen molar-refractivity contribution >= 4 is 29.1 Å². The first kappa shape index (κ1) is 24.7. The zero-order valence-electron chi connectivity index (χ0n) is 19.0. The first-order valence-corrected chi connectivity index (χ1v) is 10.6. The SMILES string of the molecule is Cc1ccc(Oc2ncccc2C(=O)N(NC(=O)c2cc(Cl)ccc2[N+](=O)[O-])C(C)(C)C)cc1. The van der Waals surface area contributed by atoms with E-state index in [0.717, 1.165) is 16.6 Å². The van der Waals surface area contributed by atoms with Crippen molar-refractivity contribution in [1.29, 1.82) is 0 Å². The van der Waals surface area contributed by atoms with E-state index >= 15 is 0 Å². The van der Waals surface area contributed by atoms with Gasteiger partial charge in [-0.05, 0) is 64.1 Å². The molecular formula is C24H23ClN4O5. The van der Waals surface area contributed by atoms with Crippen LogP contribution in [0.2, 0.25) is 5.02 Å². The summed E-state index contributed by atoms with van der Waals surface area (Å²) in [6.07, 6.45) is 1.48. The van der Waals surface area contributed by atoms with Gasteiger partial charge in [-0.15, -0.1) is 0 Å². The molecule has 0 aliphatic heterocycles. The van der Waals surface area contributed by atoms with Gasteiger partial charge in [0.2, 0.25) is 5.88 Å². The van der Waals surface area contributed by atoms with E-state index in [1.54, 1.807) is 39.0 Å². The number of aromatic nitrogens is 1. The number of amides is 2. The maximum atomic E-state index is 13.5. The van der Waals surface area contributed by atoms with E-state index in [4.69, 9.17) is 16.3 Å². The van der Waals surface area contributed by atoms with E-state index in [1.165, 1.54) is 24.4 Å². The number of hydrazine groups is 1. The number of nitro benzene ring substituents is 1. The van der Waals surface area contributed by atoms with E-state index in [9.17, 15) is 19.7 Å². The molecule has 1 aromatic heterocycles. The van der Waals surface area contributed by atoms with Crippen LogP contribution in [-0.2, 0) is 0 Å². The molecule has 0 bridgehead atoms.